The van der Waals surface area contributed by atoms with Crippen molar-refractivity contribution in [3.63, 3.8) is 0 Å². The Labute approximate surface area is 123 Å². The van der Waals surface area contributed by atoms with E-state index < -0.39 is 0 Å². The summed E-state index contributed by atoms with van der Waals surface area (Å²) in [5, 5.41) is 18.3. The average molecular weight is 272 g/mol. The van der Waals surface area contributed by atoms with Gasteiger partial charge in [-0.3, -0.25) is 0 Å². The van der Waals surface area contributed by atoms with Crippen molar-refractivity contribution >= 4 is 32.3 Å². The highest BCUT2D eigenvalue weighted by molar-refractivity contribution is 6.23. The minimum atomic E-state index is -0.307. The van der Waals surface area contributed by atoms with Gasteiger partial charge in [0.25, 0.3) is 0 Å². The van der Waals surface area contributed by atoms with Crippen LogP contribution in [0.4, 0.5) is 0 Å². The van der Waals surface area contributed by atoms with E-state index in [4.69, 9.17) is 0 Å². The molecule has 102 valence electrons. The van der Waals surface area contributed by atoms with Crippen molar-refractivity contribution in [2.24, 2.45) is 0 Å². The van der Waals surface area contributed by atoms with Crippen molar-refractivity contribution in [1.82, 2.24) is 0 Å². The van der Waals surface area contributed by atoms with Gasteiger partial charge in [0.15, 0.2) is 0 Å². The Morgan fingerprint density at radius 1 is 0.857 bits per heavy atom. The monoisotopic (exact) mass is 272 g/mol. The largest absolute Gasteiger partial charge is 0.388 e. The zero-order chi connectivity index (χ0) is 14.0. The molecule has 4 aromatic rings. The van der Waals surface area contributed by atoms with Crippen LogP contribution in [-0.2, 0) is 6.42 Å². The van der Waals surface area contributed by atoms with Crippen LogP contribution >= 0.6 is 0 Å². The van der Waals surface area contributed by atoms with E-state index >= 15 is 0 Å². The lowest BCUT2D eigenvalue weighted by Crippen LogP contribution is -2.10. The molecule has 1 N–H and O–H groups in total. The maximum absolute atomic E-state index is 10.5. The second-order valence-corrected chi connectivity index (χ2v) is 6.21. The molecular weight excluding hydrogens is 256 g/mol. The number of rotatable bonds is 0. The van der Waals surface area contributed by atoms with Crippen LogP contribution in [0.3, 0.4) is 0 Å². The van der Waals surface area contributed by atoms with E-state index in [-0.39, 0.29) is 6.10 Å². The van der Waals surface area contributed by atoms with Crippen molar-refractivity contribution in [2.45, 2.75) is 25.4 Å². The summed E-state index contributed by atoms with van der Waals surface area (Å²) < 4.78 is 0. The SMILES string of the molecule is OC1CCCc2cc3ccc4cccc5ccc(c21)c3c45. The molecule has 0 aliphatic heterocycles. The molecule has 5 rings (SSSR count). The Bertz CT molecular complexity index is 968. The zero-order valence-corrected chi connectivity index (χ0v) is 11.8. The van der Waals surface area contributed by atoms with Crippen molar-refractivity contribution in [3.8, 4) is 0 Å². The normalized spacial score (nSPS) is 18.6. The van der Waals surface area contributed by atoms with Crippen LogP contribution in [0.5, 0.6) is 0 Å². The molecule has 1 aliphatic carbocycles. The first-order valence-electron chi connectivity index (χ1n) is 7.70. The predicted molar refractivity (Wildman–Crippen MR) is 88.0 cm³/mol. The molecule has 0 aromatic heterocycles. The van der Waals surface area contributed by atoms with Crippen LogP contribution < -0.4 is 0 Å². The van der Waals surface area contributed by atoms with Crippen molar-refractivity contribution in [3.05, 3.63) is 59.7 Å². The molecule has 0 spiro atoms. The minimum absolute atomic E-state index is 0.307. The van der Waals surface area contributed by atoms with Gasteiger partial charge in [-0.2, -0.15) is 0 Å². The van der Waals surface area contributed by atoms with Crippen molar-refractivity contribution < 1.29 is 5.11 Å². The Morgan fingerprint density at radius 2 is 1.62 bits per heavy atom. The summed E-state index contributed by atoms with van der Waals surface area (Å²) in [4.78, 5) is 0. The lowest BCUT2D eigenvalue weighted by molar-refractivity contribution is 0.158. The number of aliphatic hydroxyl groups is 1. The molecule has 0 radical (unpaired) electrons. The molecule has 21 heavy (non-hydrogen) atoms. The van der Waals surface area contributed by atoms with Gasteiger partial charge in [0.05, 0.1) is 6.10 Å². The van der Waals surface area contributed by atoms with Crippen LogP contribution in [0.2, 0.25) is 0 Å². The number of aryl methyl sites for hydroxylation is 1. The van der Waals surface area contributed by atoms with E-state index in [0.717, 1.165) is 19.3 Å². The summed E-state index contributed by atoms with van der Waals surface area (Å²) in [7, 11) is 0. The molecule has 1 nitrogen and oxygen atoms in total. The van der Waals surface area contributed by atoms with Gasteiger partial charge in [-0.15, -0.1) is 0 Å². The summed E-state index contributed by atoms with van der Waals surface area (Å²) in [5.74, 6) is 0. The van der Waals surface area contributed by atoms with Gasteiger partial charge in [-0.1, -0.05) is 48.5 Å². The Balaban J connectivity index is 2.08. The van der Waals surface area contributed by atoms with Crippen LogP contribution in [0, 0.1) is 0 Å². The highest BCUT2D eigenvalue weighted by Crippen LogP contribution is 2.42. The molecule has 1 unspecified atom stereocenters. The van der Waals surface area contributed by atoms with E-state index in [0.29, 0.717) is 0 Å². The molecule has 0 fully saturated rings. The number of hydrogen-bond acceptors (Lipinski definition) is 1. The number of hydrogen-bond donors (Lipinski definition) is 1. The standard InChI is InChI=1S/C20H16O/c21-17-6-2-5-14-11-15-8-7-12-3-1-4-13-9-10-16(19(14)17)20(15)18(12)13/h1,3-4,7-11,17,21H,2,5-6H2. The van der Waals surface area contributed by atoms with Crippen LogP contribution in [-0.4, -0.2) is 5.11 Å². The quantitative estimate of drug-likeness (QED) is 0.449. The molecule has 1 atom stereocenters. The smallest absolute Gasteiger partial charge is 0.0798 e. The van der Waals surface area contributed by atoms with E-state index in [1.165, 1.54) is 43.4 Å². The summed E-state index contributed by atoms with van der Waals surface area (Å²) in [6, 6.07) is 17.6. The zero-order valence-electron chi connectivity index (χ0n) is 11.8. The third kappa shape index (κ3) is 1.44. The highest BCUT2D eigenvalue weighted by atomic mass is 16.3. The summed E-state index contributed by atoms with van der Waals surface area (Å²) in [6.07, 6.45) is 2.75. The lowest BCUT2D eigenvalue weighted by Gasteiger charge is -2.25. The molecule has 4 aromatic carbocycles. The fourth-order valence-corrected chi connectivity index (χ4v) is 4.12. The van der Waals surface area contributed by atoms with Gasteiger partial charge in [0.2, 0.25) is 0 Å². The number of aliphatic hydroxyl groups excluding tert-OH is 1. The van der Waals surface area contributed by atoms with Crippen LogP contribution in [0.1, 0.15) is 30.1 Å². The topological polar surface area (TPSA) is 20.2 Å². The molecule has 0 saturated heterocycles. The molecule has 0 heterocycles. The summed E-state index contributed by atoms with van der Waals surface area (Å²) >= 11 is 0. The first kappa shape index (κ1) is 11.5. The first-order valence-corrected chi connectivity index (χ1v) is 7.70. The number of benzene rings is 4. The van der Waals surface area contributed by atoms with Gasteiger partial charge in [0, 0.05) is 0 Å². The van der Waals surface area contributed by atoms with Gasteiger partial charge >= 0.3 is 0 Å². The molecule has 0 amide bonds. The number of fused-ring (bicyclic) bond motifs is 2. The van der Waals surface area contributed by atoms with E-state index in [2.05, 4.69) is 48.5 Å². The van der Waals surface area contributed by atoms with Gasteiger partial charge < -0.3 is 5.11 Å². The molecule has 0 saturated carbocycles. The summed E-state index contributed by atoms with van der Waals surface area (Å²) in [5.41, 5.74) is 2.51. The second kappa shape index (κ2) is 3.96. The maximum atomic E-state index is 10.5. The molecular formula is C20H16O. The fourth-order valence-electron chi connectivity index (χ4n) is 4.12. The van der Waals surface area contributed by atoms with Gasteiger partial charge in [0.1, 0.15) is 0 Å². The van der Waals surface area contributed by atoms with Crippen molar-refractivity contribution in [2.75, 3.05) is 0 Å². The fraction of sp³-hybridized carbons (Fsp3) is 0.200. The Hall–Kier alpha value is -2.12. The first-order chi connectivity index (χ1) is 10.3. The third-order valence-electron chi connectivity index (χ3n) is 5.03. The van der Waals surface area contributed by atoms with Crippen LogP contribution in [0.15, 0.2) is 48.5 Å². The van der Waals surface area contributed by atoms with E-state index in [1.807, 2.05) is 0 Å². The highest BCUT2D eigenvalue weighted by Gasteiger charge is 2.22. The minimum Gasteiger partial charge on any atom is -0.388 e. The van der Waals surface area contributed by atoms with Crippen molar-refractivity contribution in [1.29, 1.82) is 0 Å². The maximum Gasteiger partial charge on any atom is 0.0798 e. The van der Waals surface area contributed by atoms with E-state index in [1.54, 1.807) is 0 Å². The average Bonchev–Trinajstić information content (AvgIpc) is 2.52. The van der Waals surface area contributed by atoms with E-state index in [9.17, 15) is 5.11 Å². The predicted octanol–water partition coefficient (Wildman–Crippen LogP) is 4.95. The summed E-state index contributed by atoms with van der Waals surface area (Å²) in [6.45, 7) is 0. The van der Waals surface area contributed by atoms with Crippen LogP contribution in [0.25, 0.3) is 32.3 Å². The van der Waals surface area contributed by atoms with Gasteiger partial charge in [-0.05, 0) is 62.7 Å². The molecule has 1 aliphatic rings. The third-order valence-corrected chi connectivity index (χ3v) is 5.03. The Kier molecular flexibility index (Phi) is 2.17. The lowest BCUT2D eigenvalue weighted by atomic mass is 9.82. The van der Waals surface area contributed by atoms with Gasteiger partial charge in [-0.25, -0.2) is 0 Å². The molecule has 0 bridgehead atoms. The molecule has 1 heteroatoms. The second-order valence-electron chi connectivity index (χ2n) is 6.21. The Morgan fingerprint density at radius 3 is 2.48 bits per heavy atom.